The fourth-order valence-electron chi connectivity index (χ4n) is 2.30. The highest BCUT2D eigenvalue weighted by atomic mass is 16.3. The maximum Gasteiger partial charge on any atom is 0.333 e. The van der Waals surface area contributed by atoms with Gasteiger partial charge in [0.2, 0.25) is 0 Å². The van der Waals surface area contributed by atoms with Gasteiger partial charge >= 0.3 is 6.03 Å². The third-order valence-corrected chi connectivity index (χ3v) is 3.23. The molecule has 1 aromatic carbocycles. The van der Waals surface area contributed by atoms with Crippen LogP contribution in [0, 0.1) is 0 Å². The monoisotopic (exact) mass is 288 g/mol. The van der Waals surface area contributed by atoms with Crippen LogP contribution in [0.2, 0.25) is 0 Å². The zero-order chi connectivity index (χ0) is 15.2. The minimum Gasteiger partial charge on any atom is -0.467 e. The van der Waals surface area contributed by atoms with Gasteiger partial charge in [-0.05, 0) is 30.2 Å². The van der Waals surface area contributed by atoms with Gasteiger partial charge in [-0.25, -0.2) is 10.6 Å². The largest absolute Gasteiger partial charge is 0.467 e. The zero-order valence-electron chi connectivity index (χ0n) is 12.2. The van der Waals surface area contributed by atoms with Crippen LogP contribution in [0.4, 0.5) is 16.2 Å². The molecule has 2 aromatic rings. The number of hydrogen-bond acceptors (Lipinski definition) is 4. The average molecular weight is 288 g/mol. The van der Waals surface area contributed by atoms with Gasteiger partial charge in [0.1, 0.15) is 5.76 Å². The van der Waals surface area contributed by atoms with E-state index in [0.717, 1.165) is 23.4 Å². The second-order valence-electron chi connectivity index (χ2n) is 4.70. The molecule has 0 bridgehead atoms. The molecule has 2 amide bonds. The first kappa shape index (κ1) is 14.9. The van der Waals surface area contributed by atoms with Crippen LogP contribution < -0.4 is 21.5 Å². The maximum absolute atomic E-state index is 11.5. The van der Waals surface area contributed by atoms with E-state index in [-0.39, 0.29) is 0 Å². The first-order valence-corrected chi connectivity index (χ1v) is 6.78. The van der Waals surface area contributed by atoms with Crippen LogP contribution in [0.3, 0.4) is 0 Å². The molecule has 0 aliphatic carbocycles. The highest BCUT2D eigenvalue weighted by molar-refractivity contribution is 5.93. The number of anilines is 2. The van der Waals surface area contributed by atoms with E-state index in [1.165, 1.54) is 0 Å². The quantitative estimate of drug-likeness (QED) is 0.448. The predicted octanol–water partition coefficient (Wildman–Crippen LogP) is 2.47. The number of amides is 2. The molecule has 0 saturated heterocycles. The van der Waals surface area contributed by atoms with Crippen LogP contribution in [0.5, 0.6) is 0 Å². The molecule has 1 heterocycles. The summed E-state index contributed by atoms with van der Waals surface area (Å²) in [6.45, 7) is 2.69. The summed E-state index contributed by atoms with van der Waals surface area (Å²) in [5.41, 5.74) is 4.89. The van der Waals surface area contributed by atoms with Crippen molar-refractivity contribution in [3.63, 3.8) is 0 Å². The zero-order valence-corrected chi connectivity index (χ0v) is 12.2. The lowest BCUT2D eigenvalue weighted by Crippen LogP contribution is -2.35. The molecular weight excluding hydrogens is 268 g/mol. The Bertz CT molecular complexity index is 596. The Balaban J connectivity index is 2.31. The van der Waals surface area contributed by atoms with Gasteiger partial charge in [0.05, 0.1) is 24.2 Å². The van der Waals surface area contributed by atoms with E-state index in [4.69, 9.17) is 10.3 Å². The van der Waals surface area contributed by atoms with Crippen molar-refractivity contribution in [3.05, 3.63) is 47.9 Å². The average Bonchev–Trinajstić information content (AvgIpc) is 2.99. The summed E-state index contributed by atoms with van der Waals surface area (Å²) < 4.78 is 5.38. The number of benzene rings is 1. The number of urea groups is 1. The number of rotatable bonds is 5. The number of nitrogens with one attached hydrogen (secondary N) is 2. The van der Waals surface area contributed by atoms with Crippen LogP contribution in [0.25, 0.3) is 0 Å². The fraction of sp³-hybridized carbons (Fsp3) is 0.267. The van der Waals surface area contributed by atoms with Crippen LogP contribution in [0.1, 0.15) is 18.2 Å². The van der Waals surface area contributed by atoms with Crippen molar-refractivity contribution in [1.82, 2.24) is 5.43 Å². The van der Waals surface area contributed by atoms with E-state index >= 15 is 0 Å². The first-order valence-electron chi connectivity index (χ1n) is 6.78. The minimum absolute atomic E-state index is 0.448. The van der Waals surface area contributed by atoms with Crippen molar-refractivity contribution in [2.24, 2.45) is 5.84 Å². The molecule has 1 aromatic heterocycles. The summed E-state index contributed by atoms with van der Waals surface area (Å²) in [5.74, 6) is 5.99. The number of hydrazine groups is 1. The number of aryl methyl sites for hydroxylation is 1. The first-order chi connectivity index (χ1) is 10.2. The van der Waals surface area contributed by atoms with E-state index < -0.39 is 6.03 Å². The maximum atomic E-state index is 11.5. The van der Waals surface area contributed by atoms with Crippen molar-refractivity contribution < 1.29 is 9.21 Å². The van der Waals surface area contributed by atoms with Crippen molar-refractivity contribution >= 4 is 17.4 Å². The molecule has 0 fully saturated rings. The van der Waals surface area contributed by atoms with Crippen LogP contribution in [-0.2, 0) is 13.0 Å². The standard InChI is InChI=1S/C15H20N4O2/c1-3-11-6-4-8-13(17-15(20)18-16)14(11)19(2)10-12-7-5-9-21-12/h4-9H,3,10,16H2,1-2H3,(H2,17,18,20). The Hall–Kier alpha value is -2.47. The Morgan fingerprint density at radius 3 is 2.76 bits per heavy atom. The predicted molar refractivity (Wildman–Crippen MR) is 83.0 cm³/mol. The number of para-hydroxylation sites is 1. The molecule has 6 nitrogen and oxygen atoms in total. The third-order valence-electron chi connectivity index (χ3n) is 3.23. The van der Waals surface area contributed by atoms with E-state index in [0.29, 0.717) is 12.2 Å². The summed E-state index contributed by atoms with van der Waals surface area (Å²) >= 11 is 0. The highest BCUT2D eigenvalue weighted by Gasteiger charge is 2.14. The van der Waals surface area contributed by atoms with E-state index in [1.54, 1.807) is 6.26 Å². The molecule has 0 atom stereocenters. The van der Waals surface area contributed by atoms with E-state index in [2.05, 4.69) is 17.7 Å². The molecule has 112 valence electrons. The molecule has 0 aliphatic rings. The molecule has 0 unspecified atom stereocenters. The summed E-state index contributed by atoms with van der Waals surface area (Å²) in [6.07, 6.45) is 2.51. The molecule has 6 heteroatoms. The number of furan rings is 1. The van der Waals surface area contributed by atoms with Gasteiger partial charge in [0.25, 0.3) is 0 Å². The Labute approximate surface area is 123 Å². The number of nitrogens with zero attached hydrogens (tertiary/aromatic N) is 1. The van der Waals surface area contributed by atoms with Crippen molar-refractivity contribution in [1.29, 1.82) is 0 Å². The van der Waals surface area contributed by atoms with Crippen LogP contribution in [-0.4, -0.2) is 13.1 Å². The van der Waals surface area contributed by atoms with E-state index in [9.17, 15) is 4.79 Å². The molecule has 0 saturated carbocycles. The minimum atomic E-state index is -0.448. The van der Waals surface area contributed by atoms with Gasteiger partial charge in [0.15, 0.2) is 0 Å². The molecule has 2 rings (SSSR count). The molecule has 21 heavy (non-hydrogen) atoms. The lowest BCUT2D eigenvalue weighted by atomic mass is 10.1. The van der Waals surface area contributed by atoms with Gasteiger partial charge < -0.3 is 14.6 Å². The molecule has 0 spiro atoms. The van der Waals surface area contributed by atoms with Gasteiger partial charge in [-0.1, -0.05) is 19.1 Å². The molecule has 0 aliphatic heterocycles. The normalized spacial score (nSPS) is 10.2. The topological polar surface area (TPSA) is 83.5 Å². The third kappa shape index (κ3) is 3.55. The van der Waals surface area contributed by atoms with Gasteiger partial charge in [-0.2, -0.15) is 0 Å². The van der Waals surface area contributed by atoms with Crippen LogP contribution >= 0.6 is 0 Å². The van der Waals surface area contributed by atoms with Gasteiger partial charge in [-0.15, -0.1) is 0 Å². The Morgan fingerprint density at radius 1 is 1.33 bits per heavy atom. The molecular formula is C15H20N4O2. The fourth-order valence-corrected chi connectivity index (χ4v) is 2.30. The van der Waals surface area contributed by atoms with Crippen molar-refractivity contribution in [2.45, 2.75) is 19.9 Å². The van der Waals surface area contributed by atoms with Crippen molar-refractivity contribution in [2.75, 3.05) is 17.3 Å². The number of carbonyl (C=O) groups is 1. The lowest BCUT2D eigenvalue weighted by molar-refractivity contribution is 0.252. The summed E-state index contributed by atoms with van der Waals surface area (Å²) in [7, 11) is 1.96. The lowest BCUT2D eigenvalue weighted by Gasteiger charge is -2.24. The smallest absolute Gasteiger partial charge is 0.333 e. The second kappa shape index (κ2) is 6.81. The summed E-state index contributed by atoms with van der Waals surface area (Å²) in [5, 5.41) is 2.75. The summed E-state index contributed by atoms with van der Waals surface area (Å²) in [4.78, 5) is 13.5. The van der Waals surface area contributed by atoms with Crippen LogP contribution in [0.15, 0.2) is 41.0 Å². The molecule has 0 radical (unpaired) electrons. The second-order valence-corrected chi connectivity index (χ2v) is 4.70. The Morgan fingerprint density at radius 2 is 2.14 bits per heavy atom. The van der Waals surface area contributed by atoms with E-state index in [1.807, 2.05) is 42.3 Å². The number of hydrogen-bond donors (Lipinski definition) is 3. The number of carbonyl (C=O) groups excluding carboxylic acids is 1. The highest BCUT2D eigenvalue weighted by Crippen LogP contribution is 2.31. The molecule has 4 N–H and O–H groups in total. The van der Waals surface area contributed by atoms with Crippen molar-refractivity contribution in [3.8, 4) is 0 Å². The summed E-state index contributed by atoms with van der Waals surface area (Å²) in [6, 6.07) is 9.13. The Kier molecular flexibility index (Phi) is 4.84. The van der Waals surface area contributed by atoms with Gasteiger partial charge in [-0.3, -0.25) is 5.43 Å². The van der Waals surface area contributed by atoms with Gasteiger partial charge in [0, 0.05) is 7.05 Å². The number of nitrogens with two attached hydrogens (primary N) is 1. The SMILES string of the molecule is CCc1cccc(NC(=O)NN)c1N(C)Cc1ccco1.